The van der Waals surface area contributed by atoms with E-state index in [0.717, 1.165) is 59.0 Å². The number of amides is 1. The summed E-state index contributed by atoms with van der Waals surface area (Å²) in [5.41, 5.74) is 2.77. The van der Waals surface area contributed by atoms with Gasteiger partial charge in [-0.3, -0.25) is 4.79 Å². The fourth-order valence-corrected chi connectivity index (χ4v) is 5.35. The van der Waals surface area contributed by atoms with Crippen molar-refractivity contribution in [1.29, 1.82) is 0 Å². The predicted octanol–water partition coefficient (Wildman–Crippen LogP) is 5.17. The third-order valence-electron chi connectivity index (χ3n) is 6.32. The monoisotopic (exact) mass is 478 g/mol. The average molecular weight is 479 g/mol. The van der Waals surface area contributed by atoms with Crippen molar-refractivity contribution in [1.82, 2.24) is 20.0 Å². The number of likely N-dealkylation sites (tertiary alicyclic amines) is 1. The lowest BCUT2D eigenvalue weighted by Gasteiger charge is -2.31. The summed E-state index contributed by atoms with van der Waals surface area (Å²) in [5.74, 6) is 3.04. The lowest BCUT2D eigenvalue weighted by Crippen LogP contribution is -2.38. The van der Waals surface area contributed by atoms with Crippen LogP contribution in [0.3, 0.4) is 0 Å². The maximum atomic E-state index is 13.2. The molecule has 0 radical (unpaired) electrons. The fraction of sp³-hybridized carbons (Fsp3) is 0.360. The molecule has 1 fully saturated rings. The van der Waals surface area contributed by atoms with E-state index in [-0.39, 0.29) is 5.91 Å². The van der Waals surface area contributed by atoms with Crippen molar-refractivity contribution >= 4 is 17.2 Å². The van der Waals surface area contributed by atoms with Gasteiger partial charge >= 0.3 is 0 Å². The van der Waals surface area contributed by atoms with Gasteiger partial charge in [-0.15, -0.1) is 11.3 Å². The van der Waals surface area contributed by atoms with E-state index >= 15 is 0 Å². The molecule has 1 aliphatic rings. The van der Waals surface area contributed by atoms with Crippen molar-refractivity contribution in [2.45, 2.75) is 33.1 Å². The molecular formula is C25H26N4O4S. The number of hydrogen-bond donors (Lipinski definition) is 0. The number of aromatic nitrogens is 3. The number of hydrogen-bond acceptors (Lipinski definition) is 8. The third-order valence-corrected chi connectivity index (χ3v) is 7.36. The van der Waals surface area contributed by atoms with Crippen LogP contribution in [0.15, 0.2) is 45.7 Å². The van der Waals surface area contributed by atoms with Crippen molar-refractivity contribution in [3.8, 4) is 28.5 Å². The lowest BCUT2D eigenvalue weighted by molar-refractivity contribution is 0.0694. The van der Waals surface area contributed by atoms with Crippen molar-refractivity contribution in [3.05, 3.63) is 58.1 Å². The lowest BCUT2D eigenvalue weighted by atomic mass is 9.93. The molecule has 0 saturated carbocycles. The van der Waals surface area contributed by atoms with Crippen molar-refractivity contribution in [2.24, 2.45) is 5.92 Å². The Bertz CT molecular complexity index is 1280. The van der Waals surface area contributed by atoms with Crippen LogP contribution < -0.4 is 4.74 Å². The van der Waals surface area contributed by atoms with E-state index in [1.807, 2.05) is 42.2 Å². The van der Waals surface area contributed by atoms with Gasteiger partial charge in [-0.2, -0.15) is 4.98 Å². The Kier molecular flexibility index (Phi) is 6.19. The van der Waals surface area contributed by atoms with Crippen LogP contribution in [0, 0.1) is 19.8 Å². The van der Waals surface area contributed by atoms with Crippen molar-refractivity contribution < 1.29 is 18.5 Å². The van der Waals surface area contributed by atoms with Crippen LogP contribution in [0.5, 0.6) is 5.75 Å². The SMILES string of the molecule is COc1ccc(-c2cc(C(=O)N3CCC(Cc4noc(-c5ncoc5C)n4)CC3)sc2C)cc1. The molecule has 0 spiro atoms. The Morgan fingerprint density at radius 1 is 1.21 bits per heavy atom. The standard InChI is InChI=1S/C25H26N4O4S/c1-15-23(26-14-32-15)24-27-22(28-33-24)12-17-8-10-29(11-9-17)25(30)21-13-20(16(2)34-21)18-4-6-19(31-3)7-5-18/h4-7,13-14,17H,8-12H2,1-3H3. The van der Waals surface area contributed by atoms with Gasteiger partial charge in [0, 0.05) is 24.4 Å². The van der Waals surface area contributed by atoms with E-state index in [4.69, 9.17) is 13.7 Å². The second-order valence-electron chi connectivity index (χ2n) is 8.52. The summed E-state index contributed by atoms with van der Waals surface area (Å²) in [7, 11) is 1.66. The third kappa shape index (κ3) is 4.48. The molecule has 1 aliphatic heterocycles. The maximum absolute atomic E-state index is 13.2. The van der Waals surface area contributed by atoms with Gasteiger partial charge in [-0.05, 0) is 61.9 Å². The van der Waals surface area contributed by atoms with E-state index in [2.05, 4.69) is 22.0 Å². The summed E-state index contributed by atoms with van der Waals surface area (Å²) >= 11 is 1.56. The molecule has 4 heterocycles. The number of benzene rings is 1. The molecule has 8 nitrogen and oxygen atoms in total. The Morgan fingerprint density at radius 3 is 2.65 bits per heavy atom. The molecule has 5 rings (SSSR count). The molecule has 1 saturated heterocycles. The molecule has 176 valence electrons. The van der Waals surface area contributed by atoms with E-state index in [0.29, 0.717) is 29.1 Å². The fourth-order valence-electron chi connectivity index (χ4n) is 4.34. The normalized spacial score (nSPS) is 14.5. The van der Waals surface area contributed by atoms with Crippen LogP contribution in [0.2, 0.25) is 0 Å². The molecular weight excluding hydrogens is 452 g/mol. The molecule has 1 aromatic carbocycles. The summed E-state index contributed by atoms with van der Waals surface area (Å²) in [4.78, 5) is 25.7. The van der Waals surface area contributed by atoms with Crippen LogP contribution in [0.1, 0.15) is 39.0 Å². The summed E-state index contributed by atoms with van der Waals surface area (Å²) in [5, 5.41) is 4.11. The minimum Gasteiger partial charge on any atom is -0.497 e. The molecule has 4 aromatic rings. The number of carbonyl (C=O) groups excluding carboxylic acids is 1. The molecule has 0 aliphatic carbocycles. The highest BCUT2D eigenvalue weighted by atomic mass is 32.1. The highest BCUT2D eigenvalue weighted by molar-refractivity contribution is 7.14. The van der Waals surface area contributed by atoms with Gasteiger partial charge in [0.2, 0.25) is 0 Å². The van der Waals surface area contributed by atoms with Crippen LogP contribution >= 0.6 is 11.3 Å². The molecule has 0 atom stereocenters. The topological polar surface area (TPSA) is 94.5 Å². The van der Waals surface area contributed by atoms with E-state index in [1.165, 1.54) is 6.39 Å². The number of ether oxygens (including phenoxy) is 1. The Balaban J connectivity index is 1.19. The van der Waals surface area contributed by atoms with Gasteiger partial charge in [0.1, 0.15) is 11.5 Å². The van der Waals surface area contributed by atoms with E-state index < -0.39 is 0 Å². The predicted molar refractivity (Wildman–Crippen MR) is 128 cm³/mol. The number of methoxy groups -OCH3 is 1. The Morgan fingerprint density at radius 2 is 1.97 bits per heavy atom. The van der Waals surface area contributed by atoms with Crippen LogP contribution in [-0.2, 0) is 6.42 Å². The number of aryl methyl sites for hydroxylation is 2. The number of carbonyl (C=O) groups is 1. The average Bonchev–Trinajstić information content (AvgIpc) is 3.59. The zero-order valence-electron chi connectivity index (χ0n) is 19.4. The van der Waals surface area contributed by atoms with Gasteiger partial charge in [-0.1, -0.05) is 17.3 Å². The molecule has 0 bridgehead atoms. The quantitative estimate of drug-likeness (QED) is 0.377. The first-order valence-electron chi connectivity index (χ1n) is 11.3. The number of rotatable bonds is 6. The first kappa shape index (κ1) is 22.3. The number of piperidine rings is 1. The zero-order valence-corrected chi connectivity index (χ0v) is 20.2. The highest BCUT2D eigenvalue weighted by Crippen LogP contribution is 2.33. The van der Waals surface area contributed by atoms with Crippen molar-refractivity contribution in [2.75, 3.05) is 20.2 Å². The largest absolute Gasteiger partial charge is 0.497 e. The molecule has 34 heavy (non-hydrogen) atoms. The Labute approximate surface area is 201 Å². The minimum atomic E-state index is 0.106. The second-order valence-corrected chi connectivity index (χ2v) is 9.78. The van der Waals surface area contributed by atoms with Crippen LogP contribution in [-0.4, -0.2) is 46.1 Å². The van der Waals surface area contributed by atoms with E-state index in [9.17, 15) is 4.79 Å². The highest BCUT2D eigenvalue weighted by Gasteiger charge is 2.27. The summed E-state index contributed by atoms with van der Waals surface area (Å²) in [6, 6.07) is 9.96. The second kappa shape index (κ2) is 9.42. The van der Waals surface area contributed by atoms with Crippen LogP contribution in [0.4, 0.5) is 0 Å². The summed E-state index contributed by atoms with van der Waals surface area (Å²) in [6.07, 6.45) is 3.92. The minimum absolute atomic E-state index is 0.106. The van der Waals surface area contributed by atoms with Gasteiger partial charge < -0.3 is 18.6 Å². The maximum Gasteiger partial charge on any atom is 0.280 e. The van der Waals surface area contributed by atoms with Crippen molar-refractivity contribution in [3.63, 3.8) is 0 Å². The van der Waals surface area contributed by atoms with E-state index in [1.54, 1.807) is 18.4 Å². The van der Waals surface area contributed by atoms with Gasteiger partial charge in [-0.25, -0.2) is 4.98 Å². The summed E-state index contributed by atoms with van der Waals surface area (Å²) in [6.45, 7) is 5.33. The van der Waals surface area contributed by atoms with Gasteiger partial charge in [0.05, 0.1) is 12.0 Å². The molecule has 0 N–H and O–H groups in total. The number of thiophene rings is 1. The number of nitrogens with zero attached hydrogens (tertiary/aromatic N) is 4. The zero-order chi connectivity index (χ0) is 23.7. The molecule has 3 aromatic heterocycles. The number of oxazole rings is 1. The summed E-state index contributed by atoms with van der Waals surface area (Å²) < 4.78 is 15.8. The molecule has 0 unspecified atom stereocenters. The van der Waals surface area contributed by atoms with Gasteiger partial charge in [0.15, 0.2) is 17.9 Å². The van der Waals surface area contributed by atoms with Gasteiger partial charge in [0.25, 0.3) is 11.8 Å². The van der Waals surface area contributed by atoms with Crippen LogP contribution in [0.25, 0.3) is 22.7 Å². The first-order valence-corrected chi connectivity index (χ1v) is 12.1. The smallest absolute Gasteiger partial charge is 0.280 e. The molecule has 1 amide bonds. The first-order chi connectivity index (χ1) is 16.5. The molecule has 9 heteroatoms. The Hall–Kier alpha value is -3.46.